The zero-order chi connectivity index (χ0) is 10.1. The number of hydrogen-bond acceptors (Lipinski definition) is 2. The molecular formula is C9H4ClF2NS. The number of halogens is 3. The molecule has 2 rings (SSSR count). The molecule has 1 heterocycles. The van der Waals surface area contributed by atoms with Crippen LogP contribution in [0.25, 0.3) is 11.3 Å². The van der Waals surface area contributed by atoms with Crippen molar-refractivity contribution in [2.24, 2.45) is 0 Å². The lowest BCUT2D eigenvalue weighted by Gasteiger charge is -1.97. The summed E-state index contributed by atoms with van der Waals surface area (Å²) >= 11 is 6.83. The van der Waals surface area contributed by atoms with E-state index in [1.165, 1.54) is 23.5 Å². The van der Waals surface area contributed by atoms with Gasteiger partial charge in [-0.2, -0.15) is 0 Å². The van der Waals surface area contributed by atoms with E-state index in [-0.39, 0.29) is 0 Å². The Morgan fingerprint density at radius 2 is 1.79 bits per heavy atom. The van der Waals surface area contributed by atoms with Gasteiger partial charge in [-0.15, -0.1) is 11.3 Å². The molecule has 14 heavy (non-hydrogen) atoms. The minimum Gasteiger partial charge on any atom is -0.225 e. The second-order valence-corrected chi connectivity index (χ2v) is 4.08. The van der Waals surface area contributed by atoms with Crippen molar-refractivity contribution in [3.63, 3.8) is 0 Å². The van der Waals surface area contributed by atoms with Crippen molar-refractivity contribution in [1.29, 1.82) is 0 Å². The molecule has 0 aliphatic carbocycles. The van der Waals surface area contributed by atoms with Crippen molar-refractivity contribution >= 4 is 22.9 Å². The topological polar surface area (TPSA) is 12.9 Å². The largest absolute Gasteiger partial charge is 0.225 e. The summed E-state index contributed by atoms with van der Waals surface area (Å²) in [7, 11) is 0. The van der Waals surface area contributed by atoms with Gasteiger partial charge >= 0.3 is 0 Å². The summed E-state index contributed by atoms with van der Waals surface area (Å²) in [6, 6.07) is 3.25. The van der Waals surface area contributed by atoms with Gasteiger partial charge in [-0.25, -0.2) is 13.8 Å². The van der Waals surface area contributed by atoms with Gasteiger partial charge in [0.15, 0.2) is 4.47 Å². The monoisotopic (exact) mass is 231 g/mol. The maximum absolute atomic E-state index is 12.8. The van der Waals surface area contributed by atoms with Crippen LogP contribution in [-0.4, -0.2) is 4.98 Å². The molecule has 0 aliphatic rings. The zero-order valence-electron chi connectivity index (χ0n) is 6.80. The van der Waals surface area contributed by atoms with Crippen LogP contribution in [0.3, 0.4) is 0 Å². The number of rotatable bonds is 1. The highest BCUT2D eigenvalue weighted by Crippen LogP contribution is 2.25. The average Bonchev–Trinajstić information content (AvgIpc) is 2.50. The zero-order valence-corrected chi connectivity index (χ0v) is 8.37. The van der Waals surface area contributed by atoms with Crippen molar-refractivity contribution in [1.82, 2.24) is 4.98 Å². The number of nitrogens with zero attached hydrogens (tertiary/aromatic N) is 1. The van der Waals surface area contributed by atoms with Gasteiger partial charge in [0.25, 0.3) is 0 Å². The summed E-state index contributed by atoms with van der Waals surface area (Å²) in [6.07, 6.45) is 0. The van der Waals surface area contributed by atoms with Crippen molar-refractivity contribution < 1.29 is 8.78 Å². The Bertz CT molecular complexity index is 449. The number of aromatic nitrogens is 1. The first-order chi connectivity index (χ1) is 6.65. The van der Waals surface area contributed by atoms with E-state index in [4.69, 9.17) is 11.6 Å². The minimum atomic E-state index is -0.621. The maximum Gasteiger partial charge on any atom is 0.184 e. The van der Waals surface area contributed by atoms with E-state index in [2.05, 4.69) is 4.98 Å². The number of hydrogen-bond donors (Lipinski definition) is 0. The Labute approximate surface area is 88.0 Å². The summed E-state index contributed by atoms with van der Waals surface area (Å²) in [4.78, 5) is 3.91. The molecule has 1 nitrogen and oxygen atoms in total. The maximum atomic E-state index is 12.8. The van der Waals surface area contributed by atoms with Crippen LogP contribution in [0.4, 0.5) is 8.78 Å². The summed E-state index contributed by atoms with van der Waals surface area (Å²) in [5, 5.41) is 1.65. The summed E-state index contributed by atoms with van der Waals surface area (Å²) in [5.41, 5.74) is 0.879. The fraction of sp³-hybridized carbons (Fsp3) is 0. The van der Waals surface area contributed by atoms with Gasteiger partial charge in [0.2, 0.25) is 0 Å². The lowest BCUT2D eigenvalue weighted by Crippen LogP contribution is -1.83. The first kappa shape index (κ1) is 9.55. The molecule has 0 radical (unpaired) electrons. The third-order valence-electron chi connectivity index (χ3n) is 1.63. The van der Waals surface area contributed by atoms with Crippen LogP contribution in [0.15, 0.2) is 23.6 Å². The highest BCUT2D eigenvalue weighted by Gasteiger charge is 2.06. The molecule has 0 N–H and O–H groups in total. The van der Waals surface area contributed by atoms with Crippen LogP contribution in [0.1, 0.15) is 0 Å². The van der Waals surface area contributed by atoms with E-state index in [1.54, 1.807) is 5.38 Å². The molecule has 0 saturated carbocycles. The molecule has 0 amide bonds. The van der Waals surface area contributed by atoms with Crippen LogP contribution in [0.5, 0.6) is 0 Å². The third kappa shape index (κ3) is 1.91. The van der Waals surface area contributed by atoms with E-state index in [0.717, 1.165) is 6.07 Å². The lowest BCUT2D eigenvalue weighted by molar-refractivity contribution is 0.584. The van der Waals surface area contributed by atoms with Gasteiger partial charge in [-0.05, 0) is 12.1 Å². The van der Waals surface area contributed by atoms with Crippen LogP contribution in [0, 0.1) is 11.6 Å². The fourth-order valence-corrected chi connectivity index (χ4v) is 1.86. The first-order valence-corrected chi connectivity index (χ1v) is 4.98. The molecule has 72 valence electrons. The highest BCUT2D eigenvalue weighted by molar-refractivity contribution is 7.14. The van der Waals surface area contributed by atoms with Crippen molar-refractivity contribution in [3.05, 3.63) is 39.7 Å². The van der Waals surface area contributed by atoms with E-state index < -0.39 is 11.6 Å². The van der Waals surface area contributed by atoms with Gasteiger partial charge in [0.05, 0.1) is 5.69 Å². The highest BCUT2D eigenvalue weighted by atomic mass is 35.5. The van der Waals surface area contributed by atoms with E-state index in [1.807, 2.05) is 0 Å². The molecule has 5 heteroatoms. The van der Waals surface area contributed by atoms with Crippen molar-refractivity contribution in [2.45, 2.75) is 0 Å². The first-order valence-electron chi connectivity index (χ1n) is 3.72. The Morgan fingerprint density at radius 1 is 1.14 bits per heavy atom. The standard InChI is InChI=1S/C9H4ClF2NS/c10-9-13-8(4-14-9)5-1-6(11)3-7(12)2-5/h1-4H. The molecule has 1 aromatic heterocycles. The summed E-state index contributed by atoms with van der Waals surface area (Å²) in [5.74, 6) is -1.24. The molecule has 0 bridgehead atoms. The van der Waals surface area contributed by atoms with Crippen LogP contribution >= 0.6 is 22.9 Å². The predicted molar refractivity (Wildman–Crippen MR) is 52.5 cm³/mol. The van der Waals surface area contributed by atoms with Gasteiger partial charge in [-0.1, -0.05) is 11.6 Å². The molecule has 0 fully saturated rings. The van der Waals surface area contributed by atoms with Gasteiger partial charge < -0.3 is 0 Å². The predicted octanol–water partition coefficient (Wildman–Crippen LogP) is 3.74. The molecule has 0 aliphatic heterocycles. The second kappa shape index (κ2) is 3.63. The Balaban J connectivity index is 2.51. The summed E-state index contributed by atoms with van der Waals surface area (Å²) < 4.78 is 26.0. The SMILES string of the molecule is Fc1cc(F)cc(-c2csc(Cl)n2)c1. The normalized spacial score (nSPS) is 10.5. The minimum absolute atomic E-state index is 0.352. The Hall–Kier alpha value is -1.00. The molecule has 0 spiro atoms. The Kier molecular flexibility index (Phi) is 2.48. The fourth-order valence-electron chi connectivity index (χ4n) is 1.09. The molecule has 0 unspecified atom stereocenters. The molecular weight excluding hydrogens is 228 g/mol. The number of benzene rings is 1. The quantitative estimate of drug-likeness (QED) is 0.729. The van der Waals surface area contributed by atoms with Crippen molar-refractivity contribution in [2.75, 3.05) is 0 Å². The third-order valence-corrected chi connectivity index (χ3v) is 2.61. The van der Waals surface area contributed by atoms with Crippen LogP contribution < -0.4 is 0 Å². The average molecular weight is 232 g/mol. The smallest absolute Gasteiger partial charge is 0.184 e. The van der Waals surface area contributed by atoms with E-state index in [0.29, 0.717) is 15.7 Å². The van der Waals surface area contributed by atoms with Gasteiger partial charge in [0, 0.05) is 17.0 Å². The molecule has 2 aromatic rings. The van der Waals surface area contributed by atoms with E-state index >= 15 is 0 Å². The van der Waals surface area contributed by atoms with Crippen molar-refractivity contribution in [3.8, 4) is 11.3 Å². The van der Waals surface area contributed by atoms with Gasteiger partial charge in [0.1, 0.15) is 11.6 Å². The molecule has 0 atom stereocenters. The van der Waals surface area contributed by atoms with Crippen LogP contribution in [-0.2, 0) is 0 Å². The van der Waals surface area contributed by atoms with Gasteiger partial charge in [-0.3, -0.25) is 0 Å². The Morgan fingerprint density at radius 3 is 2.29 bits per heavy atom. The van der Waals surface area contributed by atoms with E-state index in [9.17, 15) is 8.78 Å². The molecule has 1 aromatic carbocycles. The second-order valence-electron chi connectivity index (χ2n) is 2.64. The number of thiazole rings is 1. The van der Waals surface area contributed by atoms with Crippen LogP contribution in [0.2, 0.25) is 4.47 Å². The lowest BCUT2D eigenvalue weighted by atomic mass is 10.2. The summed E-state index contributed by atoms with van der Waals surface area (Å²) in [6.45, 7) is 0. The molecule has 0 saturated heterocycles.